The Labute approximate surface area is 105 Å². The SMILES string of the molecule is COc1ccc(CNCc2cccnn2)cc1O. The van der Waals surface area contributed by atoms with Crippen LogP contribution in [0.15, 0.2) is 36.5 Å². The van der Waals surface area contributed by atoms with E-state index in [1.807, 2.05) is 18.2 Å². The van der Waals surface area contributed by atoms with E-state index in [-0.39, 0.29) is 5.75 Å². The van der Waals surface area contributed by atoms with Gasteiger partial charge in [-0.1, -0.05) is 6.07 Å². The Morgan fingerprint density at radius 3 is 2.83 bits per heavy atom. The quantitative estimate of drug-likeness (QED) is 0.835. The minimum Gasteiger partial charge on any atom is -0.504 e. The number of methoxy groups -OCH3 is 1. The predicted octanol–water partition coefficient (Wildman–Crippen LogP) is 1.48. The van der Waals surface area contributed by atoms with Gasteiger partial charge in [0.05, 0.1) is 12.8 Å². The fourth-order valence-electron chi connectivity index (χ4n) is 1.61. The lowest BCUT2D eigenvalue weighted by molar-refractivity contribution is 0.373. The van der Waals surface area contributed by atoms with E-state index in [2.05, 4.69) is 15.5 Å². The first-order valence-corrected chi connectivity index (χ1v) is 5.63. The normalized spacial score (nSPS) is 10.3. The van der Waals surface area contributed by atoms with Gasteiger partial charge in [-0.2, -0.15) is 10.2 Å². The van der Waals surface area contributed by atoms with Gasteiger partial charge in [-0.3, -0.25) is 0 Å². The monoisotopic (exact) mass is 245 g/mol. The van der Waals surface area contributed by atoms with Crippen molar-refractivity contribution in [3.05, 3.63) is 47.8 Å². The maximum atomic E-state index is 9.63. The predicted molar refractivity (Wildman–Crippen MR) is 67.2 cm³/mol. The number of hydrogen-bond acceptors (Lipinski definition) is 5. The summed E-state index contributed by atoms with van der Waals surface area (Å²) in [6.07, 6.45) is 1.64. The number of phenolic OH excluding ortho intramolecular Hbond substituents is 1. The summed E-state index contributed by atoms with van der Waals surface area (Å²) in [5.74, 6) is 0.629. The zero-order chi connectivity index (χ0) is 12.8. The molecule has 0 fully saturated rings. The Morgan fingerprint density at radius 1 is 1.28 bits per heavy atom. The van der Waals surface area contributed by atoms with Crippen LogP contribution in [0.4, 0.5) is 0 Å². The highest BCUT2D eigenvalue weighted by atomic mass is 16.5. The second-order valence-electron chi connectivity index (χ2n) is 3.82. The molecule has 1 heterocycles. The van der Waals surface area contributed by atoms with E-state index in [1.165, 1.54) is 7.11 Å². The van der Waals surface area contributed by atoms with Crippen molar-refractivity contribution in [1.29, 1.82) is 0 Å². The van der Waals surface area contributed by atoms with Gasteiger partial charge < -0.3 is 15.2 Å². The van der Waals surface area contributed by atoms with Crippen LogP contribution in [-0.2, 0) is 13.1 Å². The molecule has 0 aliphatic carbocycles. The van der Waals surface area contributed by atoms with E-state index >= 15 is 0 Å². The minimum atomic E-state index is 0.149. The summed E-state index contributed by atoms with van der Waals surface area (Å²) in [5, 5.41) is 20.6. The molecule has 5 nitrogen and oxygen atoms in total. The number of ether oxygens (including phenoxy) is 1. The molecule has 0 spiro atoms. The van der Waals surface area contributed by atoms with Crippen molar-refractivity contribution in [2.24, 2.45) is 0 Å². The van der Waals surface area contributed by atoms with Crippen LogP contribution in [0.3, 0.4) is 0 Å². The molecule has 0 radical (unpaired) electrons. The van der Waals surface area contributed by atoms with Crippen molar-refractivity contribution >= 4 is 0 Å². The van der Waals surface area contributed by atoms with Crippen LogP contribution in [0.25, 0.3) is 0 Å². The van der Waals surface area contributed by atoms with E-state index in [9.17, 15) is 5.11 Å². The molecule has 18 heavy (non-hydrogen) atoms. The zero-order valence-corrected chi connectivity index (χ0v) is 10.1. The van der Waals surface area contributed by atoms with Gasteiger partial charge in [-0.05, 0) is 29.8 Å². The number of rotatable bonds is 5. The maximum Gasteiger partial charge on any atom is 0.160 e. The summed E-state index contributed by atoms with van der Waals surface area (Å²) in [7, 11) is 1.53. The van der Waals surface area contributed by atoms with Crippen LogP contribution in [-0.4, -0.2) is 22.4 Å². The Balaban J connectivity index is 1.89. The first-order valence-electron chi connectivity index (χ1n) is 5.63. The van der Waals surface area contributed by atoms with Crippen molar-refractivity contribution in [2.45, 2.75) is 13.1 Å². The largest absolute Gasteiger partial charge is 0.504 e. The van der Waals surface area contributed by atoms with Gasteiger partial charge in [0, 0.05) is 19.3 Å². The van der Waals surface area contributed by atoms with E-state index in [1.54, 1.807) is 18.3 Å². The molecule has 0 unspecified atom stereocenters. The number of benzene rings is 1. The summed E-state index contributed by atoms with van der Waals surface area (Å²) in [6.45, 7) is 1.29. The first-order chi connectivity index (χ1) is 8.79. The molecule has 0 aliphatic rings. The molecule has 0 atom stereocenters. The number of hydrogen-bond donors (Lipinski definition) is 2. The molecule has 0 saturated carbocycles. The summed E-state index contributed by atoms with van der Waals surface area (Å²) in [4.78, 5) is 0. The fraction of sp³-hybridized carbons (Fsp3) is 0.231. The number of aromatic hydroxyl groups is 1. The van der Waals surface area contributed by atoms with Crippen LogP contribution < -0.4 is 10.1 Å². The molecule has 1 aromatic carbocycles. The van der Waals surface area contributed by atoms with Crippen molar-refractivity contribution in [1.82, 2.24) is 15.5 Å². The van der Waals surface area contributed by atoms with Crippen molar-refractivity contribution < 1.29 is 9.84 Å². The van der Waals surface area contributed by atoms with Crippen LogP contribution in [0.2, 0.25) is 0 Å². The van der Waals surface area contributed by atoms with Gasteiger partial charge in [0.25, 0.3) is 0 Å². The Hall–Kier alpha value is -2.14. The van der Waals surface area contributed by atoms with Gasteiger partial charge in [-0.25, -0.2) is 0 Å². The van der Waals surface area contributed by atoms with Crippen molar-refractivity contribution in [2.75, 3.05) is 7.11 Å². The van der Waals surface area contributed by atoms with Gasteiger partial charge in [0.2, 0.25) is 0 Å². The molecule has 2 rings (SSSR count). The molecular formula is C13H15N3O2. The lowest BCUT2D eigenvalue weighted by Crippen LogP contribution is -2.13. The van der Waals surface area contributed by atoms with Gasteiger partial charge in [-0.15, -0.1) is 0 Å². The fourth-order valence-corrected chi connectivity index (χ4v) is 1.61. The molecule has 0 amide bonds. The highest BCUT2D eigenvalue weighted by Gasteiger charge is 2.02. The number of nitrogens with one attached hydrogen (secondary N) is 1. The standard InChI is InChI=1S/C13H15N3O2/c1-18-13-5-4-10(7-12(13)17)8-14-9-11-3-2-6-15-16-11/h2-7,14,17H,8-9H2,1H3. The highest BCUT2D eigenvalue weighted by Crippen LogP contribution is 2.25. The third kappa shape index (κ3) is 3.18. The van der Waals surface area contributed by atoms with Crippen LogP contribution in [0, 0.1) is 0 Å². The van der Waals surface area contributed by atoms with Crippen LogP contribution >= 0.6 is 0 Å². The average Bonchev–Trinajstić information content (AvgIpc) is 2.40. The van der Waals surface area contributed by atoms with E-state index in [4.69, 9.17) is 4.74 Å². The average molecular weight is 245 g/mol. The molecule has 2 N–H and O–H groups in total. The molecule has 0 aliphatic heterocycles. The zero-order valence-electron chi connectivity index (χ0n) is 10.1. The number of aromatic nitrogens is 2. The van der Waals surface area contributed by atoms with Crippen LogP contribution in [0.5, 0.6) is 11.5 Å². The molecule has 1 aromatic heterocycles. The number of phenols is 1. The molecule has 2 aromatic rings. The smallest absolute Gasteiger partial charge is 0.160 e. The third-order valence-corrected chi connectivity index (χ3v) is 2.51. The summed E-state index contributed by atoms with van der Waals surface area (Å²) >= 11 is 0. The van der Waals surface area contributed by atoms with E-state index in [0.29, 0.717) is 18.8 Å². The van der Waals surface area contributed by atoms with Crippen molar-refractivity contribution in [3.63, 3.8) is 0 Å². The lowest BCUT2D eigenvalue weighted by Gasteiger charge is -2.07. The molecule has 94 valence electrons. The Bertz CT molecular complexity index is 503. The van der Waals surface area contributed by atoms with Gasteiger partial charge in [0.15, 0.2) is 11.5 Å². The Morgan fingerprint density at radius 2 is 2.17 bits per heavy atom. The van der Waals surface area contributed by atoms with E-state index < -0.39 is 0 Å². The second kappa shape index (κ2) is 5.97. The highest BCUT2D eigenvalue weighted by molar-refractivity contribution is 5.41. The number of nitrogens with zero attached hydrogens (tertiary/aromatic N) is 2. The molecular weight excluding hydrogens is 230 g/mol. The Kier molecular flexibility index (Phi) is 4.09. The minimum absolute atomic E-state index is 0.149. The molecule has 5 heteroatoms. The summed E-state index contributed by atoms with van der Waals surface area (Å²) in [5.41, 5.74) is 1.87. The van der Waals surface area contributed by atoms with Crippen molar-refractivity contribution in [3.8, 4) is 11.5 Å². The summed E-state index contributed by atoms with van der Waals surface area (Å²) < 4.78 is 4.99. The third-order valence-electron chi connectivity index (χ3n) is 2.51. The van der Waals surface area contributed by atoms with Gasteiger partial charge >= 0.3 is 0 Å². The van der Waals surface area contributed by atoms with Gasteiger partial charge in [0.1, 0.15) is 0 Å². The lowest BCUT2D eigenvalue weighted by atomic mass is 10.2. The molecule has 0 saturated heterocycles. The topological polar surface area (TPSA) is 67.3 Å². The van der Waals surface area contributed by atoms with Crippen LogP contribution in [0.1, 0.15) is 11.3 Å². The summed E-state index contributed by atoms with van der Waals surface area (Å²) in [6, 6.07) is 9.09. The maximum absolute atomic E-state index is 9.63. The van der Waals surface area contributed by atoms with E-state index in [0.717, 1.165) is 11.3 Å². The molecule has 0 bridgehead atoms. The second-order valence-corrected chi connectivity index (χ2v) is 3.82. The first kappa shape index (κ1) is 12.3.